The molecule has 0 aromatic heterocycles. The number of likely N-dealkylation sites (N-methyl/N-ethyl adjacent to an activating group) is 1. The number of rotatable bonds is 9. The van der Waals surface area contributed by atoms with Crippen LogP contribution in [0.5, 0.6) is 5.75 Å². The Morgan fingerprint density at radius 2 is 1.70 bits per heavy atom. The van der Waals surface area contributed by atoms with E-state index in [9.17, 15) is 18.0 Å². The van der Waals surface area contributed by atoms with Crippen LogP contribution < -0.4 is 15.0 Å². The number of ether oxygens (including phenoxy) is 1. The highest BCUT2D eigenvalue weighted by molar-refractivity contribution is 9.10. The van der Waals surface area contributed by atoms with Crippen molar-refractivity contribution in [1.82, 2.24) is 9.62 Å². The molecule has 0 saturated carbocycles. The van der Waals surface area contributed by atoms with Crippen LogP contribution in [0.3, 0.4) is 0 Å². The number of fused-ring (bicyclic) bond motifs is 1. The lowest BCUT2D eigenvalue weighted by atomic mass is 10.1. The Morgan fingerprint density at radius 3 is 2.41 bits per heavy atom. The number of amides is 2. The number of carbonyl (C=O) groups excluding carboxylic acids is 2. The molecule has 10 heteroatoms. The van der Waals surface area contributed by atoms with Gasteiger partial charge in [0.15, 0.2) is 6.10 Å². The van der Waals surface area contributed by atoms with Crippen LogP contribution in [-0.4, -0.2) is 56.8 Å². The monoisotopic (exact) mass is 585 g/mol. The number of hydrogen-bond donors (Lipinski definition) is 1. The first-order valence-corrected chi connectivity index (χ1v) is 14.2. The van der Waals surface area contributed by atoms with E-state index in [0.29, 0.717) is 24.4 Å². The van der Waals surface area contributed by atoms with Crippen molar-refractivity contribution in [2.75, 3.05) is 31.1 Å². The molecule has 2 amide bonds. The molecule has 0 saturated heterocycles. The molecule has 1 atom stereocenters. The maximum atomic E-state index is 13.5. The lowest BCUT2D eigenvalue weighted by molar-refractivity contribution is -0.128. The number of nitrogens with one attached hydrogen (secondary N) is 1. The Morgan fingerprint density at radius 1 is 1.03 bits per heavy atom. The Kier molecular flexibility index (Phi) is 8.63. The number of benzene rings is 3. The van der Waals surface area contributed by atoms with Crippen molar-refractivity contribution in [2.45, 2.75) is 24.3 Å². The van der Waals surface area contributed by atoms with Crippen LogP contribution in [0.1, 0.15) is 12.5 Å². The third kappa shape index (κ3) is 6.38. The molecular formula is C27H28BrN3O5S. The second-order valence-electron chi connectivity index (χ2n) is 8.49. The largest absolute Gasteiger partial charge is 0.477 e. The maximum Gasteiger partial charge on any atom is 0.262 e. The number of hydrogen-bond acceptors (Lipinski definition) is 5. The Hall–Kier alpha value is -3.21. The number of nitrogens with zero attached hydrogens (tertiary/aromatic N) is 2. The van der Waals surface area contributed by atoms with E-state index >= 15 is 0 Å². The minimum absolute atomic E-state index is 0.0249. The van der Waals surface area contributed by atoms with Crippen molar-refractivity contribution in [3.63, 3.8) is 0 Å². The van der Waals surface area contributed by atoms with Crippen LogP contribution in [0.4, 0.5) is 5.69 Å². The average Bonchev–Trinajstić information content (AvgIpc) is 2.91. The van der Waals surface area contributed by atoms with Gasteiger partial charge in [-0.1, -0.05) is 65.3 Å². The normalized spacial score (nSPS) is 15.1. The van der Waals surface area contributed by atoms with Gasteiger partial charge in [0.25, 0.3) is 5.91 Å². The number of carbonyl (C=O) groups is 2. The summed E-state index contributed by atoms with van der Waals surface area (Å²) in [6, 6.07) is 23.0. The molecule has 0 unspecified atom stereocenters. The van der Waals surface area contributed by atoms with E-state index in [0.717, 1.165) is 14.3 Å². The molecule has 194 valence electrons. The third-order valence-corrected chi connectivity index (χ3v) is 8.50. The van der Waals surface area contributed by atoms with Crippen molar-refractivity contribution in [2.24, 2.45) is 0 Å². The van der Waals surface area contributed by atoms with Crippen LogP contribution in [0, 0.1) is 0 Å². The van der Waals surface area contributed by atoms with E-state index in [4.69, 9.17) is 4.74 Å². The summed E-state index contributed by atoms with van der Waals surface area (Å²) in [6.45, 7) is 1.82. The van der Waals surface area contributed by atoms with Crippen molar-refractivity contribution < 1.29 is 22.7 Å². The van der Waals surface area contributed by atoms with Crippen LogP contribution in [-0.2, 0) is 26.0 Å². The number of para-hydroxylation sites is 2. The van der Waals surface area contributed by atoms with Gasteiger partial charge >= 0.3 is 0 Å². The van der Waals surface area contributed by atoms with E-state index < -0.39 is 22.0 Å². The highest BCUT2D eigenvalue weighted by Crippen LogP contribution is 2.33. The average molecular weight is 587 g/mol. The quantitative estimate of drug-likeness (QED) is 0.414. The Balaban J connectivity index is 1.48. The lowest BCUT2D eigenvalue weighted by Crippen LogP contribution is -2.53. The molecule has 3 aromatic rings. The van der Waals surface area contributed by atoms with Gasteiger partial charge in [-0.15, -0.1) is 0 Å². The van der Waals surface area contributed by atoms with Gasteiger partial charge in [-0.3, -0.25) is 9.59 Å². The molecule has 0 radical (unpaired) electrons. The summed E-state index contributed by atoms with van der Waals surface area (Å²) in [5.41, 5.74) is 1.60. The van der Waals surface area contributed by atoms with E-state index in [1.165, 1.54) is 17.0 Å². The second kappa shape index (κ2) is 11.9. The van der Waals surface area contributed by atoms with Gasteiger partial charge in [-0.2, -0.15) is 4.31 Å². The van der Waals surface area contributed by atoms with Crippen molar-refractivity contribution in [1.29, 1.82) is 0 Å². The Bertz CT molecular complexity index is 1350. The first-order chi connectivity index (χ1) is 17.8. The van der Waals surface area contributed by atoms with Gasteiger partial charge < -0.3 is 15.0 Å². The summed E-state index contributed by atoms with van der Waals surface area (Å²) in [7, 11) is -3.89. The number of anilines is 1. The topological polar surface area (TPSA) is 96.0 Å². The molecule has 0 spiro atoms. The molecule has 3 aromatic carbocycles. The molecule has 1 aliphatic heterocycles. The number of halogens is 1. The zero-order valence-electron chi connectivity index (χ0n) is 20.3. The van der Waals surface area contributed by atoms with Crippen LogP contribution in [0.15, 0.2) is 88.2 Å². The van der Waals surface area contributed by atoms with Crippen LogP contribution in [0.25, 0.3) is 0 Å². The fraction of sp³-hybridized carbons (Fsp3) is 0.259. The summed E-state index contributed by atoms with van der Waals surface area (Å²) < 4.78 is 34.2. The van der Waals surface area contributed by atoms with Gasteiger partial charge in [-0.25, -0.2) is 8.42 Å². The standard InChI is InChI=1S/C27H28BrN3O5S/c1-2-30(37(34,35)22-14-12-21(28)13-15-22)19-26(32)31-18-25(36-24-11-7-6-10-23(24)31)27(33)29-17-16-20-8-4-3-5-9-20/h3-15,25H,2,16-19H2,1H3,(H,29,33)/t25-/m1/s1. The molecule has 37 heavy (non-hydrogen) atoms. The molecule has 0 fully saturated rings. The molecule has 0 bridgehead atoms. The third-order valence-electron chi connectivity index (χ3n) is 6.04. The zero-order chi connectivity index (χ0) is 26.4. The maximum absolute atomic E-state index is 13.5. The molecule has 1 heterocycles. The summed E-state index contributed by atoms with van der Waals surface area (Å²) in [5, 5.41) is 2.88. The fourth-order valence-corrected chi connectivity index (χ4v) is 5.72. The van der Waals surface area contributed by atoms with E-state index in [-0.39, 0.29) is 30.4 Å². The SMILES string of the molecule is CCN(CC(=O)N1C[C@H](C(=O)NCCc2ccccc2)Oc2ccccc21)S(=O)(=O)c1ccc(Br)cc1. The zero-order valence-corrected chi connectivity index (χ0v) is 22.7. The predicted molar refractivity (Wildman–Crippen MR) is 145 cm³/mol. The Labute approximate surface area is 225 Å². The smallest absolute Gasteiger partial charge is 0.262 e. The van der Waals surface area contributed by atoms with Gasteiger partial charge in [0, 0.05) is 17.6 Å². The summed E-state index contributed by atoms with van der Waals surface area (Å²) in [6.07, 6.45) is -0.259. The predicted octanol–water partition coefficient (Wildman–Crippen LogP) is 3.61. The molecule has 8 nitrogen and oxygen atoms in total. The molecule has 0 aliphatic carbocycles. The first kappa shape index (κ1) is 26.8. The van der Waals surface area contributed by atoms with E-state index in [1.54, 1.807) is 43.3 Å². The lowest BCUT2D eigenvalue weighted by Gasteiger charge is -2.35. The second-order valence-corrected chi connectivity index (χ2v) is 11.3. The highest BCUT2D eigenvalue weighted by Gasteiger charge is 2.35. The highest BCUT2D eigenvalue weighted by atomic mass is 79.9. The molecule has 4 rings (SSSR count). The van der Waals surface area contributed by atoms with E-state index in [1.807, 2.05) is 30.3 Å². The van der Waals surface area contributed by atoms with E-state index in [2.05, 4.69) is 21.2 Å². The molecule has 1 aliphatic rings. The van der Waals surface area contributed by atoms with Crippen LogP contribution in [0.2, 0.25) is 0 Å². The van der Waals surface area contributed by atoms with Crippen molar-refractivity contribution >= 4 is 43.5 Å². The molecule has 1 N–H and O–H groups in total. The summed E-state index contributed by atoms with van der Waals surface area (Å²) in [5.74, 6) is -0.387. The minimum Gasteiger partial charge on any atom is -0.477 e. The summed E-state index contributed by atoms with van der Waals surface area (Å²) >= 11 is 3.31. The first-order valence-electron chi connectivity index (χ1n) is 11.9. The van der Waals surface area contributed by atoms with Crippen molar-refractivity contribution in [3.05, 3.63) is 88.9 Å². The number of sulfonamides is 1. The van der Waals surface area contributed by atoms with Gasteiger partial charge in [0.05, 0.1) is 23.7 Å². The van der Waals surface area contributed by atoms with Crippen LogP contribution >= 0.6 is 15.9 Å². The van der Waals surface area contributed by atoms with Gasteiger partial charge in [-0.05, 0) is 48.4 Å². The summed E-state index contributed by atoms with van der Waals surface area (Å²) in [4.78, 5) is 27.9. The minimum atomic E-state index is -3.89. The van der Waals surface area contributed by atoms with Crippen molar-refractivity contribution in [3.8, 4) is 5.75 Å². The molecular weight excluding hydrogens is 558 g/mol. The fourth-order valence-electron chi connectivity index (χ4n) is 4.05. The van der Waals surface area contributed by atoms with Gasteiger partial charge in [0.1, 0.15) is 5.75 Å². The van der Waals surface area contributed by atoms with Gasteiger partial charge in [0.2, 0.25) is 15.9 Å².